The molecule has 0 bridgehead atoms. The van der Waals surface area contributed by atoms with Gasteiger partial charge in [-0.1, -0.05) is 23.2 Å². The van der Waals surface area contributed by atoms with Gasteiger partial charge in [0.2, 0.25) is 5.91 Å². The summed E-state index contributed by atoms with van der Waals surface area (Å²) in [5.41, 5.74) is 1.23. The molecule has 8 heteroatoms. The van der Waals surface area contributed by atoms with Crippen molar-refractivity contribution in [1.29, 1.82) is 0 Å². The summed E-state index contributed by atoms with van der Waals surface area (Å²) in [7, 11) is 0. The Morgan fingerprint density at radius 2 is 1.85 bits per heavy atom. The van der Waals surface area contributed by atoms with Crippen LogP contribution in [-0.4, -0.2) is 30.9 Å². The van der Waals surface area contributed by atoms with Crippen LogP contribution in [0.1, 0.15) is 23.2 Å². The lowest BCUT2D eigenvalue weighted by Crippen LogP contribution is -2.24. The summed E-state index contributed by atoms with van der Waals surface area (Å²) >= 11 is 11.9. The molecule has 27 heavy (non-hydrogen) atoms. The Kier molecular flexibility index (Phi) is 5.98. The SMILES string of the molecule is O=C(COC(=O)c1ccc(Cl)c(N2CCCC2=O)c1)Nc1ccc(Cl)cc1. The molecular formula is C19H16Cl2N2O4. The molecule has 0 radical (unpaired) electrons. The van der Waals surface area contributed by atoms with Gasteiger partial charge in [-0.3, -0.25) is 9.59 Å². The highest BCUT2D eigenvalue weighted by Gasteiger charge is 2.24. The summed E-state index contributed by atoms with van der Waals surface area (Å²) in [6.07, 6.45) is 1.20. The standard InChI is InChI=1S/C19H16Cl2N2O4/c20-13-4-6-14(7-5-13)22-17(24)11-27-19(26)12-3-8-15(21)16(10-12)23-9-1-2-18(23)25/h3-8,10H,1-2,9,11H2,(H,22,24). The summed E-state index contributed by atoms with van der Waals surface area (Å²) < 4.78 is 5.05. The molecule has 0 unspecified atom stereocenters. The second kappa shape index (κ2) is 8.41. The van der Waals surface area contributed by atoms with Crippen molar-refractivity contribution in [2.75, 3.05) is 23.4 Å². The number of rotatable bonds is 5. The van der Waals surface area contributed by atoms with E-state index in [0.29, 0.717) is 34.4 Å². The molecule has 1 N–H and O–H groups in total. The fourth-order valence-corrected chi connectivity index (χ4v) is 3.04. The van der Waals surface area contributed by atoms with E-state index in [9.17, 15) is 14.4 Å². The van der Waals surface area contributed by atoms with Gasteiger partial charge in [0.15, 0.2) is 6.61 Å². The van der Waals surface area contributed by atoms with E-state index in [2.05, 4.69) is 5.32 Å². The first kappa shape index (κ1) is 19.2. The van der Waals surface area contributed by atoms with Crippen molar-refractivity contribution in [2.45, 2.75) is 12.8 Å². The zero-order valence-electron chi connectivity index (χ0n) is 14.2. The van der Waals surface area contributed by atoms with Gasteiger partial charge in [0.25, 0.3) is 5.91 Å². The molecule has 2 aromatic carbocycles. The Morgan fingerprint density at radius 1 is 1.11 bits per heavy atom. The van der Waals surface area contributed by atoms with Crippen LogP contribution < -0.4 is 10.2 Å². The van der Waals surface area contributed by atoms with Gasteiger partial charge in [0.1, 0.15) is 0 Å². The van der Waals surface area contributed by atoms with E-state index in [1.165, 1.54) is 18.2 Å². The number of nitrogens with one attached hydrogen (secondary N) is 1. The predicted molar refractivity (Wildman–Crippen MR) is 103 cm³/mol. The largest absolute Gasteiger partial charge is 0.452 e. The normalized spacial score (nSPS) is 13.6. The van der Waals surface area contributed by atoms with E-state index in [0.717, 1.165) is 6.42 Å². The van der Waals surface area contributed by atoms with Gasteiger partial charge < -0.3 is 15.0 Å². The number of benzene rings is 2. The highest BCUT2D eigenvalue weighted by Crippen LogP contribution is 2.30. The average molecular weight is 407 g/mol. The third kappa shape index (κ3) is 4.78. The van der Waals surface area contributed by atoms with Gasteiger partial charge >= 0.3 is 5.97 Å². The third-order valence-corrected chi connectivity index (χ3v) is 4.58. The predicted octanol–water partition coefficient (Wildman–Crippen LogP) is 3.92. The van der Waals surface area contributed by atoms with Crippen molar-refractivity contribution in [3.8, 4) is 0 Å². The third-order valence-electron chi connectivity index (χ3n) is 4.01. The van der Waals surface area contributed by atoms with Gasteiger partial charge in [0.05, 0.1) is 16.3 Å². The quantitative estimate of drug-likeness (QED) is 0.763. The van der Waals surface area contributed by atoms with Crippen molar-refractivity contribution in [3.05, 3.63) is 58.1 Å². The molecule has 6 nitrogen and oxygen atoms in total. The molecule has 0 aliphatic carbocycles. The van der Waals surface area contributed by atoms with Crippen molar-refractivity contribution in [2.24, 2.45) is 0 Å². The highest BCUT2D eigenvalue weighted by atomic mass is 35.5. The van der Waals surface area contributed by atoms with Gasteiger partial charge in [-0.2, -0.15) is 0 Å². The van der Waals surface area contributed by atoms with E-state index < -0.39 is 18.5 Å². The average Bonchev–Trinajstić information content (AvgIpc) is 3.08. The number of hydrogen-bond donors (Lipinski definition) is 1. The van der Waals surface area contributed by atoms with Crippen molar-refractivity contribution in [3.63, 3.8) is 0 Å². The maximum atomic E-state index is 12.2. The fraction of sp³-hybridized carbons (Fsp3) is 0.211. The Hall–Kier alpha value is -2.57. The lowest BCUT2D eigenvalue weighted by atomic mass is 10.2. The number of amides is 2. The van der Waals surface area contributed by atoms with Crippen molar-refractivity contribution < 1.29 is 19.1 Å². The number of ether oxygens (including phenoxy) is 1. The van der Waals surface area contributed by atoms with Crippen molar-refractivity contribution >= 4 is 52.4 Å². The van der Waals surface area contributed by atoms with Crippen LogP contribution in [0, 0.1) is 0 Å². The molecule has 0 atom stereocenters. The molecular weight excluding hydrogens is 391 g/mol. The van der Waals surface area contributed by atoms with Crippen LogP contribution in [0.2, 0.25) is 10.0 Å². The van der Waals surface area contributed by atoms with Crippen LogP contribution in [-0.2, 0) is 14.3 Å². The second-order valence-corrected chi connectivity index (χ2v) is 6.79. The van der Waals surface area contributed by atoms with Crippen LogP contribution in [0.3, 0.4) is 0 Å². The lowest BCUT2D eigenvalue weighted by Gasteiger charge is -2.18. The molecule has 2 amide bonds. The summed E-state index contributed by atoms with van der Waals surface area (Å²) in [5, 5.41) is 3.53. The number of carbonyl (C=O) groups excluding carboxylic acids is 3. The summed E-state index contributed by atoms with van der Waals surface area (Å²) in [6.45, 7) is 0.114. The number of nitrogens with zero attached hydrogens (tertiary/aromatic N) is 1. The zero-order chi connectivity index (χ0) is 19.4. The minimum Gasteiger partial charge on any atom is -0.452 e. The first-order valence-electron chi connectivity index (χ1n) is 8.26. The van der Waals surface area contributed by atoms with E-state index >= 15 is 0 Å². The monoisotopic (exact) mass is 406 g/mol. The van der Waals surface area contributed by atoms with Crippen LogP contribution in [0.15, 0.2) is 42.5 Å². The minimum atomic E-state index is -0.675. The maximum Gasteiger partial charge on any atom is 0.338 e. The Bertz CT molecular complexity index is 884. The molecule has 0 saturated carbocycles. The number of halogens is 2. The van der Waals surface area contributed by atoms with E-state index in [1.807, 2.05) is 0 Å². The molecule has 1 saturated heterocycles. The van der Waals surface area contributed by atoms with Crippen LogP contribution >= 0.6 is 23.2 Å². The van der Waals surface area contributed by atoms with Crippen LogP contribution in [0.25, 0.3) is 0 Å². The Labute approximate surface area is 166 Å². The number of esters is 1. The van der Waals surface area contributed by atoms with Crippen LogP contribution in [0.5, 0.6) is 0 Å². The van der Waals surface area contributed by atoms with Crippen LogP contribution in [0.4, 0.5) is 11.4 Å². The lowest BCUT2D eigenvalue weighted by molar-refractivity contribution is -0.119. The van der Waals surface area contributed by atoms with E-state index in [-0.39, 0.29) is 11.5 Å². The van der Waals surface area contributed by atoms with E-state index in [4.69, 9.17) is 27.9 Å². The molecule has 1 aliphatic rings. The molecule has 0 aromatic heterocycles. The van der Waals surface area contributed by atoms with Gasteiger partial charge in [-0.05, 0) is 48.9 Å². The first-order chi connectivity index (χ1) is 12.9. The molecule has 1 fully saturated rings. The highest BCUT2D eigenvalue weighted by molar-refractivity contribution is 6.34. The van der Waals surface area contributed by atoms with Gasteiger partial charge in [-0.15, -0.1) is 0 Å². The molecule has 3 rings (SSSR count). The van der Waals surface area contributed by atoms with Gasteiger partial charge in [0, 0.05) is 23.7 Å². The fourth-order valence-electron chi connectivity index (χ4n) is 2.69. The number of hydrogen-bond acceptors (Lipinski definition) is 4. The molecule has 140 valence electrons. The summed E-state index contributed by atoms with van der Waals surface area (Å²) in [5.74, 6) is -1.19. The van der Waals surface area contributed by atoms with Crippen molar-refractivity contribution in [1.82, 2.24) is 0 Å². The number of anilines is 2. The topological polar surface area (TPSA) is 75.7 Å². The molecule has 1 aliphatic heterocycles. The van der Waals surface area contributed by atoms with E-state index in [1.54, 1.807) is 29.2 Å². The zero-order valence-corrected chi connectivity index (χ0v) is 15.7. The first-order valence-corrected chi connectivity index (χ1v) is 9.02. The molecule has 0 spiro atoms. The minimum absolute atomic E-state index is 0.0373. The molecule has 2 aromatic rings. The second-order valence-electron chi connectivity index (χ2n) is 5.95. The maximum absolute atomic E-state index is 12.2. The van der Waals surface area contributed by atoms with Gasteiger partial charge in [-0.25, -0.2) is 4.79 Å². The smallest absolute Gasteiger partial charge is 0.338 e. The molecule has 1 heterocycles. The Balaban J connectivity index is 1.61. The summed E-state index contributed by atoms with van der Waals surface area (Å²) in [6, 6.07) is 11.1. The Morgan fingerprint density at radius 3 is 2.52 bits per heavy atom. The summed E-state index contributed by atoms with van der Waals surface area (Å²) in [4.78, 5) is 37.6. The number of carbonyl (C=O) groups is 3.